The molecule has 0 amide bonds. The van der Waals surface area contributed by atoms with E-state index in [1.165, 1.54) is 12.1 Å². The molecule has 25 heavy (non-hydrogen) atoms. The summed E-state index contributed by atoms with van der Waals surface area (Å²) in [7, 11) is -3.81. The van der Waals surface area contributed by atoms with Crippen molar-refractivity contribution in [3.05, 3.63) is 94.2 Å². The van der Waals surface area contributed by atoms with E-state index in [4.69, 9.17) is 5.14 Å². The van der Waals surface area contributed by atoms with E-state index in [1.54, 1.807) is 29.1 Å². The first-order valence-corrected chi connectivity index (χ1v) is 9.18. The number of nitrogens with zero attached hydrogens (tertiary/aromatic N) is 2. The van der Waals surface area contributed by atoms with Gasteiger partial charge in [-0.3, -0.25) is 9.78 Å². The zero-order valence-electron chi connectivity index (χ0n) is 13.4. The van der Waals surface area contributed by atoms with Crippen LogP contribution in [0.25, 0.3) is 0 Å². The number of hydrogen-bond acceptors (Lipinski definition) is 4. The van der Waals surface area contributed by atoms with Crippen molar-refractivity contribution >= 4 is 10.0 Å². The molecule has 3 rings (SSSR count). The van der Waals surface area contributed by atoms with Crippen molar-refractivity contribution in [2.45, 2.75) is 17.9 Å². The van der Waals surface area contributed by atoms with Gasteiger partial charge in [0.1, 0.15) is 4.90 Å². The molecule has 0 aliphatic heterocycles. The average Bonchev–Trinajstić information content (AvgIpc) is 2.58. The van der Waals surface area contributed by atoms with E-state index in [9.17, 15) is 13.2 Å². The van der Waals surface area contributed by atoms with Gasteiger partial charge in [0.05, 0.1) is 12.2 Å². The van der Waals surface area contributed by atoms with E-state index < -0.39 is 10.0 Å². The summed E-state index contributed by atoms with van der Waals surface area (Å²) in [5, 5.41) is 5.24. The van der Waals surface area contributed by atoms with E-state index in [-0.39, 0.29) is 10.5 Å². The van der Waals surface area contributed by atoms with Gasteiger partial charge in [0.15, 0.2) is 0 Å². The Morgan fingerprint density at radius 3 is 2.36 bits per heavy atom. The minimum atomic E-state index is -3.81. The van der Waals surface area contributed by atoms with Crippen molar-refractivity contribution in [2.75, 3.05) is 0 Å². The summed E-state index contributed by atoms with van der Waals surface area (Å²) < 4.78 is 24.9. The minimum absolute atomic E-state index is 0.0370. The lowest BCUT2D eigenvalue weighted by atomic mass is 10.1. The van der Waals surface area contributed by atoms with Crippen LogP contribution < -0.4 is 10.7 Å². The first-order valence-electron chi connectivity index (χ1n) is 7.63. The zero-order chi connectivity index (χ0) is 17.9. The Morgan fingerprint density at radius 1 is 0.960 bits per heavy atom. The highest BCUT2D eigenvalue weighted by molar-refractivity contribution is 7.89. The number of primary sulfonamides is 1. The molecule has 0 saturated carbocycles. The summed E-state index contributed by atoms with van der Waals surface area (Å²) in [5.74, 6) is 0. The Bertz CT molecular complexity index is 1040. The van der Waals surface area contributed by atoms with Gasteiger partial charge in [-0.1, -0.05) is 30.3 Å². The third-order valence-corrected chi connectivity index (χ3v) is 4.79. The van der Waals surface area contributed by atoms with Crippen molar-refractivity contribution in [3.63, 3.8) is 0 Å². The molecule has 0 saturated heterocycles. The topological polar surface area (TPSA) is 95.1 Å². The predicted molar refractivity (Wildman–Crippen MR) is 94.7 cm³/mol. The fourth-order valence-corrected chi connectivity index (χ4v) is 3.28. The van der Waals surface area contributed by atoms with Crippen molar-refractivity contribution in [1.29, 1.82) is 0 Å². The summed E-state index contributed by atoms with van der Waals surface area (Å²) in [6.07, 6.45) is 3.64. The molecule has 0 aliphatic carbocycles. The fourth-order valence-electron chi connectivity index (χ4n) is 2.56. The Hall–Kier alpha value is -2.77. The highest BCUT2D eigenvalue weighted by atomic mass is 32.2. The standard InChI is InChI=1S/C18H17N3O3S/c19-25(23,24)17-4-3-10-20-16(17)12-14-6-8-15(9-7-14)13-21-11-2-1-5-18(21)22/h1-11H,12-13H2,(H2,19,23,24). The van der Waals surface area contributed by atoms with Crippen LogP contribution in [0.5, 0.6) is 0 Å². The van der Waals surface area contributed by atoms with Crippen LogP contribution in [-0.2, 0) is 23.0 Å². The molecule has 3 aromatic rings. The molecule has 0 spiro atoms. The lowest BCUT2D eigenvalue weighted by Crippen LogP contribution is -2.18. The molecule has 2 aromatic heterocycles. The van der Waals surface area contributed by atoms with Gasteiger partial charge in [-0.25, -0.2) is 13.6 Å². The van der Waals surface area contributed by atoms with Gasteiger partial charge in [0.25, 0.3) is 5.56 Å². The number of hydrogen-bond donors (Lipinski definition) is 1. The molecular weight excluding hydrogens is 338 g/mol. The molecule has 0 bridgehead atoms. The summed E-state index contributed by atoms with van der Waals surface area (Å²) in [6, 6.07) is 15.6. The second-order valence-electron chi connectivity index (χ2n) is 5.65. The number of sulfonamides is 1. The molecule has 0 unspecified atom stereocenters. The number of rotatable bonds is 5. The van der Waals surface area contributed by atoms with Crippen molar-refractivity contribution < 1.29 is 8.42 Å². The monoisotopic (exact) mass is 355 g/mol. The molecule has 6 nitrogen and oxygen atoms in total. The molecule has 2 heterocycles. The Morgan fingerprint density at radius 2 is 1.68 bits per heavy atom. The van der Waals surface area contributed by atoms with Crippen LogP contribution in [0.2, 0.25) is 0 Å². The molecule has 2 N–H and O–H groups in total. The van der Waals surface area contributed by atoms with E-state index in [0.29, 0.717) is 18.7 Å². The number of pyridine rings is 2. The molecule has 128 valence electrons. The van der Waals surface area contributed by atoms with E-state index >= 15 is 0 Å². The fraction of sp³-hybridized carbons (Fsp3) is 0.111. The highest BCUT2D eigenvalue weighted by Crippen LogP contribution is 2.16. The van der Waals surface area contributed by atoms with E-state index in [1.807, 2.05) is 30.3 Å². The normalized spacial score (nSPS) is 11.4. The van der Waals surface area contributed by atoms with Crippen LogP contribution in [0.15, 0.2) is 76.7 Å². The maximum absolute atomic E-state index is 11.7. The highest BCUT2D eigenvalue weighted by Gasteiger charge is 2.14. The lowest BCUT2D eigenvalue weighted by Gasteiger charge is -2.08. The Labute approximate surface area is 145 Å². The van der Waals surface area contributed by atoms with Crippen molar-refractivity contribution in [2.24, 2.45) is 5.14 Å². The average molecular weight is 355 g/mol. The van der Waals surface area contributed by atoms with Crippen LogP contribution in [0.1, 0.15) is 16.8 Å². The van der Waals surface area contributed by atoms with Crippen LogP contribution >= 0.6 is 0 Å². The first kappa shape index (κ1) is 17.1. The summed E-state index contributed by atoms with van der Waals surface area (Å²) in [6.45, 7) is 0.478. The zero-order valence-corrected chi connectivity index (χ0v) is 14.2. The van der Waals surface area contributed by atoms with Crippen LogP contribution in [0, 0.1) is 0 Å². The van der Waals surface area contributed by atoms with Gasteiger partial charge in [-0.15, -0.1) is 0 Å². The van der Waals surface area contributed by atoms with E-state index in [0.717, 1.165) is 11.1 Å². The quantitative estimate of drug-likeness (QED) is 0.751. The van der Waals surface area contributed by atoms with Gasteiger partial charge in [-0.2, -0.15) is 0 Å². The maximum Gasteiger partial charge on any atom is 0.250 e. The summed E-state index contributed by atoms with van der Waals surface area (Å²) in [4.78, 5) is 15.9. The number of nitrogens with two attached hydrogens (primary N) is 1. The lowest BCUT2D eigenvalue weighted by molar-refractivity contribution is 0.596. The molecule has 1 aromatic carbocycles. The van der Waals surface area contributed by atoms with Crippen LogP contribution in [0.3, 0.4) is 0 Å². The maximum atomic E-state index is 11.7. The Kier molecular flexibility index (Phi) is 4.78. The third-order valence-electron chi connectivity index (χ3n) is 3.80. The number of aromatic nitrogens is 2. The van der Waals surface area contributed by atoms with Crippen molar-refractivity contribution in [3.8, 4) is 0 Å². The second kappa shape index (κ2) is 7.00. The predicted octanol–water partition coefficient (Wildman–Crippen LogP) is 1.53. The largest absolute Gasteiger partial charge is 0.311 e. The number of benzene rings is 1. The van der Waals surface area contributed by atoms with Gasteiger partial charge in [-0.05, 0) is 29.3 Å². The minimum Gasteiger partial charge on any atom is -0.311 e. The van der Waals surface area contributed by atoms with Crippen LogP contribution in [0.4, 0.5) is 0 Å². The molecule has 0 atom stereocenters. The van der Waals surface area contributed by atoms with Gasteiger partial charge < -0.3 is 4.57 Å². The van der Waals surface area contributed by atoms with Gasteiger partial charge >= 0.3 is 0 Å². The molecule has 0 radical (unpaired) electrons. The first-order chi connectivity index (χ1) is 11.9. The third kappa shape index (κ3) is 4.20. The van der Waals surface area contributed by atoms with Gasteiger partial charge in [0.2, 0.25) is 10.0 Å². The Balaban J connectivity index is 1.80. The molecule has 7 heteroatoms. The van der Waals surface area contributed by atoms with Crippen molar-refractivity contribution in [1.82, 2.24) is 9.55 Å². The molecular formula is C18H17N3O3S. The summed E-state index contributed by atoms with van der Waals surface area (Å²) >= 11 is 0. The van der Waals surface area contributed by atoms with Gasteiger partial charge in [0, 0.05) is 24.9 Å². The molecule has 0 aliphatic rings. The second-order valence-corrected chi connectivity index (χ2v) is 7.18. The van der Waals surface area contributed by atoms with Crippen LogP contribution in [-0.4, -0.2) is 18.0 Å². The smallest absolute Gasteiger partial charge is 0.250 e. The van der Waals surface area contributed by atoms with E-state index in [2.05, 4.69) is 4.98 Å². The SMILES string of the molecule is NS(=O)(=O)c1cccnc1Cc1ccc(Cn2ccccc2=O)cc1. The summed E-state index contributed by atoms with van der Waals surface area (Å²) in [5.41, 5.74) is 2.24. The molecule has 0 fully saturated rings.